The maximum absolute atomic E-state index is 11.6. The number of carboxylic acids is 1. The predicted molar refractivity (Wildman–Crippen MR) is 59.2 cm³/mol. The Morgan fingerprint density at radius 2 is 1.82 bits per heavy atom. The fourth-order valence-electron chi connectivity index (χ4n) is 0.931. The number of hydrogen-bond donors (Lipinski definition) is 2. The van der Waals surface area contributed by atoms with Crippen LogP contribution in [0.4, 0.5) is 4.79 Å². The molecule has 0 aliphatic heterocycles. The molecule has 2 amide bonds. The van der Waals surface area contributed by atoms with E-state index in [1.165, 1.54) is 6.92 Å². The molecule has 0 fully saturated rings. The van der Waals surface area contributed by atoms with Crippen molar-refractivity contribution in [2.75, 3.05) is 6.54 Å². The average Bonchev–Trinajstić information content (AvgIpc) is 2.09. The van der Waals surface area contributed by atoms with Crippen LogP contribution in [0.1, 0.15) is 27.7 Å². The van der Waals surface area contributed by atoms with Crippen LogP contribution in [0.25, 0.3) is 0 Å². The number of rotatable bonds is 3. The van der Waals surface area contributed by atoms with Crippen molar-refractivity contribution in [3.8, 4) is 0 Å². The molecule has 0 unspecified atom stereocenters. The standard InChI is InChI=1S/C10H18N2O5/c1-6(11)8(15)12(5-7(13)14)9(16)17-10(2,3)4/h6H,5,11H2,1-4H3,(H,13,14)/t6-/m0/s1. The van der Waals surface area contributed by atoms with E-state index in [0.717, 1.165) is 0 Å². The molecule has 0 radical (unpaired) electrons. The topological polar surface area (TPSA) is 110 Å². The van der Waals surface area contributed by atoms with Gasteiger partial charge in [0.2, 0.25) is 5.91 Å². The molecule has 0 aromatic rings. The third-order valence-corrected chi connectivity index (χ3v) is 1.56. The molecule has 0 rings (SSSR count). The monoisotopic (exact) mass is 246 g/mol. The maximum Gasteiger partial charge on any atom is 0.417 e. The third-order valence-electron chi connectivity index (χ3n) is 1.56. The van der Waals surface area contributed by atoms with E-state index in [1.807, 2.05) is 0 Å². The summed E-state index contributed by atoms with van der Waals surface area (Å²) >= 11 is 0. The number of carboxylic acid groups (broad SMARTS) is 1. The van der Waals surface area contributed by atoms with Crippen molar-refractivity contribution in [1.82, 2.24) is 4.90 Å². The van der Waals surface area contributed by atoms with Crippen molar-refractivity contribution in [1.29, 1.82) is 0 Å². The highest BCUT2D eigenvalue weighted by Gasteiger charge is 2.30. The number of ether oxygens (including phenoxy) is 1. The van der Waals surface area contributed by atoms with E-state index in [1.54, 1.807) is 20.8 Å². The zero-order chi connectivity index (χ0) is 13.8. The summed E-state index contributed by atoms with van der Waals surface area (Å²) in [6.45, 7) is 5.43. The fourth-order valence-corrected chi connectivity index (χ4v) is 0.931. The van der Waals surface area contributed by atoms with Crippen molar-refractivity contribution in [2.24, 2.45) is 5.73 Å². The van der Waals surface area contributed by atoms with E-state index in [4.69, 9.17) is 15.6 Å². The number of aliphatic carboxylic acids is 1. The molecule has 7 heteroatoms. The second kappa shape index (κ2) is 5.62. The summed E-state index contributed by atoms with van der Waals surface area (Å²) in [5, 5.41) is 8.62. The van der Waals surface area contributed by atoms with Crippen LogP contribution in [0.3, 0.4) is 0 Å². The first kappa shape index (κ1) is 15.4. The van der Waals surface area contributed by atoms with Gasteiger partial charge in [-0.25, -0.2) is 9.69 Å². The van der Waals surface area contributed by atoms with Gasteiger partial charge in [-0.1, -0.05) is 0 Å². The molecule has 0 spiro atoms. The minimum atomic E-state index is -1.31. The molecule has 7 nitrogen and oxygen atoms in total. The predicted octanol–water partition coefficient (Wildman–Crippen LogP) is 0.182. The van der Waals surface area contributed by atoms with Crippen molar-refractivity contribution in [2.45, 2.75) is 39.3 Å². The smallest absolute Gasteiger partial charge is 0.417 e. The largest absolute Gasteiger partial charge is 0.480 e. The molecule has 0 heterocycles. The van der Waals surface area contributed by atoms with Gasteiger partial charge in [-0.3, -0.25) is 9.59 Å². The Balaban J connectivity index is 4.86. The minimum absolute atomic E-state index is 0.484. The van der Waals surface area contributed by atoms with Crippen LogP contribution in [0, 0.1) is 0 Å². The van der Waals surface area contributed by atoms with Crippen LogP contribution in [0.2, 0.25) is 0 Å². The van der Waals surface area contributed by atoms with Crippen molar-refractivity contribution in [3.63, 3.8) is 0 Å². The lowest BCUT2D eigenvalue weighted by Crippen LogP contribution is -2.49. The van der Waals surface area contributed by atoms with Gasteiger partial charge in [0.05, 0.1) is 6.04 Å². The Labute approximate surface area is 99.5 Å². The zero-order valence-corrected chi connectivity index (χ0v) is 10.4. The molecule has 0 bridgehead atoms. The van der Waals surface area contributed by atoms with E-state index in [9.17, 15) is 14.4 Å². The van der Waals surface area contributed by atoms with E-state index in [0.29, 0.717) is 4.90 Å². The molecule has 98 valence electrons. The number of carbonyl (C=O) groups excluding carboxylic acids is 2. The maximum atomic E-state index is 11.6. The highest BCUT2D eigenvalue weighted by molar-refractivity contribution is 5.97. The lowest BCUT2D eigenvalue weighted by molar-refractivity contribution is -0.144. The molecule has 0 saturated carbocycles. The van der Waals surface area contributed by atoms with Crippen LogP contribution in [-0.2, 0) is 14.3 Å². The normalized spacial score (nSPS) is 12.8. The number of carbonyl (C=O) groups is 3. The zero-order valence-electron chi connectivity index (χ0n) is 10.4. The van der Waals surface area contributed by atoms with Gasteiger partial charge in [-0.05, 0) is 27.7 Å². The van der Waals surface area contributed by atoms with Gasteiger partial charge in [0, 0.05) is 0 Å². The van der Waals surface area contributed by atoms with Crippen molar-refractivity contribution < 1.29 is 24.2 Å². The number of imide groups is 1. The Hall–Kier alpha value is -1.63. The third kappa shape index (κ3) is 5.86. The highest BCUT2D eigenvalue weighted by Crippen LogP contribution is 2.10. The molecule has 0 aliphatic carbocycles. The van der Waals surface area contributed by atoms with E-state index in [2.05, 4.69) is 0 Å². The number of amides is 2. The molecular weight excluding hydrogens is 228 g/mol. The van der Waals surface area contributed by atoms with Gasteiger partial charge in [0.25, 0.3) is 0 Å². The van der Waals surface area contributed by atoms with E-state index >= 15 is 0 Å². The summed E-state index contributed by atoms with van der Waals surface area (Å²) < 4.78 is 4.92. The first-order valence-corrected chi connectivity index (χ1v) is 5.06. The Kier molecular flexibility index (Phi) is 5.09. The summed E-state index contributed by atoms with van der Waals surface area (Å²) in [5.41, 5.74) is 4.51. The molecule has 0 aliphatic rings. The van der Waals surface area contributed by atoms with E-state index < -0.39 is 36.2 Å². The van der Waals surface area contributed by atoms with Crippen LogP contribution in [0.15, 0.2) is 0 Å². The fraction of sp³-hybridized carbons (Fsp3) is 0.700. The van der Waals surface area contributed by atoms with Crippen LogP contribution in [-0.4, -0.2) is 46.2 Å². The number of nitrogens with zero attached hydrogens (tertiary/aromatic N) is 1. The Bertz CT molecular complexity index is 319. The molecule has 17 heavy (non-hydrogen) atoms. The van der Waals surface area contributed by atoms with Crippen molar-refractivity contribution >= 4 is 18.0 Å². The number of nitrogens with two attached hydrogens (primary N) is 1. The van der Waals surface area contributed by atoms with E-state index in [-0.39, 0.29) is 0 Å². The summed E-state index contributed by atoms with van der Waals surface area (Å²) in [6, 6.07) is -0.970. The number of hydrogen-bond acceptors (Lipinski definition) is 5. The minimum Gasteiger partial charge on any atom is -0.480 e. The average molecular weight is 246 g/mol. The first-order valence-electron chi connectivity index (χ1n) is 5.06. The molecule has 0 aromatic heterocycles. The molecule has 0 aromatic carbocycles. The van der Waals surface area contributed by atoms with Gasteiger partial charge >= 0.3 is 12.1 Å². The summed E-state index contributed by atoms with van der Waals surface area (Å²) in [7, 11) is 0. The molecule has 0 saturated heterocycles. The van der Waals surface area contributed by atoms with Crippen LogP contribution >= 0.6 is 0 Å². The highest BCUT2D eigenvalue weighted by atomic mass is 16.6. The SMILES string of the molecule is C[C@H](N)C(=O)N(CC(=O)O)C(=O)OC(C)(C)C. The second-order valence-corrected chi connectivity index (χ2v) is 4.59. The van der Waals surface area contributed by atoms with Crippen LogP contribution in [0.5, 0.6) is 0 Å². The summed E-state index contributed by atoms with van der Waals surface area (Å²) in [6.07, 6.45) is -1.01. The van der Waals surface area contributed by atoms with Crippen molar-refractivity contribution in [3.05, 3.63) is 0 Å². The van der Waals surface area contributed by atoms with Gasteiger partial charge in [-0.15, -0.1) is 0 Å². The molecular formula is C10H18N2O5. The molecule has 1 atom stereocenters. The second-order valence-electron chi connectivity index (χ2n) is 4.59. The van der Waals surface area contributed by atoms with Gasteiger partial charge in [0.1, 0.15) is 12.1 Å². The Morgan fingerprint density at radius 1 is 1.35 bits per heavy atom. The van der Waals surface area contributed by atoms with Gasteiger partial charge in [0.15, 0.2) is 0 Å². The Morgan fingerprint density at radius 3 is 2.12 bits per heavy atom. The van der Waals surface area contributed by atoms with Crippen LogP contribution < -0.4 is 5.73 Å². The summed E-state index contributed by atoms with van der Waals surface area (Å²) in [4.78, 5) is 34.2. The lowest BCUT2D eigenvalue weighted by atomic mass is 10.2. The van der Waals surface area contributed by atoms with Gasteiger partial charge < -0.3 is 15.6 Å². The quantitative estimate of drug-likeness (QED) is 0.735. The summed E-state index contributed by atoms with van der Waals surface area (Å²) in [5.74, 6) is -2.11. The van der Waals surface area contributed by atoms with Gasteiger partial charge in [-0.2, -0.15) is 0 Å². The molecule has 3 N–H and O–H groups in total. The lowest BCUT2D eigenvalue weighted by Gasteiger charge is -2.26. The first-order chi connectivity index (χ1) is 7.54.